The minimum absolute atomic E-state index is 0.375. The van der Waals surface area contributed by atoms with E-state index in [2.05, 4.69) is 9.36 Å². The summed E-state index contributed by atoms with van der Waals surface area (Å²) in [6, 6.07) is -0.669. The second-order valence-corrected chi connectivity index (χ2v) is 5.04. The number of aromatic nitrogens is 2. The molecule has 0 bridgehead atoms. The van der Waals surface area contributed by atoms with E-state index in [0.29, 0.717) is 6.42 Å². The van der Waals surface area contributed by atoms with Crippen molar-refractivity contribution in [3.8, 4) is 0 Å². The van der Waals surface area contributed by atoms with Crippen LogP contribution in [0.25, 0.3) is 0 Å². The summed E-state index contributed by atoms with van der Waals surface area (Å²) in [4.78, 5) is 15.4. The third-order valence-corrected chi connectivity index (χ3v) is 2.19. The van der Waals surface area contributed by atoms with Crippen molar-refractivity contribution in [3.05, 3.63) is 11.3 Å². The van der Waals surface area contributed by atoms with Gasteiger partial charge in [0.1, 0.15) is 23.0 Å². The number of nitrogens with two attached hydrogens (primary N) is 1. The van der Waals surface area contributed by atoms with Crippen molar-refractivity contribution in [1.29, 1.82) is 0 Å². The number of hydrogen-bond donors (Lipinski definition) is 1. The van der Waals surface area contributed by atoms with Gasteiger partial charge in [-0.25, -0.2) is 4.98 Å². The lowest BCUT2D eigenvalue weighted by atomic mass is 10.1. The molecule has 84 valence electrons. The van der Waals surface area contributed by atoms with Crippen LogP contribution in [0.5, 0.6) is 0 Å². The number of nitrogens with zero attached hydrogens (tertiary/aromatic N) is 2. The zero-order valence-electron chi connectivity index (χ0n) is 9.06. The Balaban J connectivity index is 2.47. The van der Waals surface area contributed by atoms with Crippen LogP contribution in [0.15, 0.2) is 6.33 Å². The van der Waals surface area contributed by atoms with E-state index in [1.165, 1.54) is 17.9 Å². The molecule has 0 aliphatic rings. The van der Waals surface area contributed by atoms with Crippen molar-refractivity contribution >= 4 is 17.5 Å². The van der Waals surface area contributed by atoms with Gasteiger partial charge in [-0.05, 0) is 32.3 Å². The van der Waals surface area contributed by atoms with Crippen LogP contribution in [0.4, 0.5) is 0 Å². The molecule has 5 nitrogen and oxygen atoms in total. The molecule has 1 unspecified atom stereocenters. The van der Waals surface area contributed by atoms with Crippen LogP contribution in [0.3, 0.4) is 0 Å². The Kier molecular flexibility index (Phi) is 3.76. The van der Waals surface area contributed by atoms with Gasteiger partial charge in [0.2, 0.25) is 0 Å². The average molecular weight is 229 g/mol. The van der Waals surface area contributed by atoms with Crippen molar-refractivity contribution in [2.24, 2.45) is 5.73 Å². The van der Waals surface area contributed by atoms with E-state index in [1.54, 1.807) is 0 Å². The van der Waals surface area contributed by atoms with Gasteiger partial charge in [-0.2, -0.15) is 4.37 Å². The molecule has 0 saturated heterocycles. The topological polar surface area (TPSA) is 78.1 Å². The summed E-state index contributed by atoms with van der Waals surface area (Å²) in [7, 11) is 0. The summed E-state index contributed by atoms with van der Waals surface area (Å²) < 4.78 is 8.97. The molecule has 1 rings (SSSR count). The Morgan fingerprint density at radius 1 is 1.67 bits per heavy atom. The quantitative estimate of drug-likeness (QED) is 0.774. The predicted octanol–water partition coefficient (Wildman–Crippen LogP) is 0.750. The van der Waals surface area contributed by atoms with Gasteiger partial charge < -0.3 is 10.5 Å². The molecule has 2 N–H and O–H groups in total. The third-order valence-electron chi connectivity index (χ3n) is 1.51. The number of hydrogen-bond acceptors (Lipinski definition) is 6. The molecule has 0 aromatic carbocycles. The molecule has 0 amide bonds. The molecule has 0 aliphatic heterocycles. The minimum atomic E-state index is -0.669. The Labute approximate surface area is 92.8 Å². The summed E-state index contributed by atoms with van der Waals surface area (Å²) in [5, 5.41) is 0.744. The van der Waals surface area contributed by atoms with Crippen molar-refractivity contribution in [2.75, 3.05) is 0 Å². The Hall–Kier alpha value is -1.01. The standard InChI is InChI=1S/C9H15N3O2S/c1-9(2,3)14-8(13)6(10)4-7-11-5-12-15-7/h5-6H,4,10H2,1-3H3. The van der Waals surface area contributed by atoms with Crippen LogP contribution >= 0.6 is 11.5 Å². The molecule has 1 aromatic rings. The second-order valence-electron chi connectivity index (χ2n) is 4.18. The first kappa shape index (κ1) is 12.1. The molecular weight excluding hydrogens is 214 g/mol. The zero-order chi connectivity index (χ0) is 11.5. The second kappa shape index (κ2) is 4.67. The molecule has 15 heavy (non-hydrogen) atoms. The van der Waals surface area contributed by atoms with Gasteiger partial charge in [-0.15, -0.1) is 0 Å². The zero-order valence-corrected chi connectivity index (χ0v) is 9.87. The van der Waals surface area contributed by atoms with Crippen LogP contribution in [0.1, 0.15) is 25.8 Å². The summed E-state index contributed by atoms with van der Waals surface area (Å²) in [6.07, 6.45) is 1.82. The maximum absolute atomic E-state index is 11.5. The average Bonchev–Trinajstić information content (AvgIpc) is 2.53. The lowest BCUT2D eigenvalue weighted by Gasteiger charge is -2.21. The number of rotatable bonds is 3. The van der Waals surface area contributed by atoms with Gasteiger partial charge in [-0.3, -0.25) is 4.79 Å². The SMILES string of the molecule is CC(C)(C)OC(=O)C(N)Cc1ncns1. The van der Waals surface area contributed by atoms with Crippen molar-refractivity contribution < 1.29 is 9.53 Å². The molecule has 6 heteroatoms. The maximum Gasteiger partial charge on any atom is 0.323 e. The minimum Gasteiger partial charge on any atom is -0.459 e. The van der Waals surface area contributed by atoms with Crippen LogP contribution in [0.2, 0.25) is 0 Å². The fraction of sp³-hybridized carbons (Fsp3) is 0.667. The Morgan fingerprint density at radius 3 is 2.80 bits per heavy atom. The summed E-state index contributed by atoms with van der Waals surface area (Å²) in [5.74, 6) is -0.405. The predicted molar refractivity (Wildman–Crippen MR) is 57.4 cm³/mol. The number of carbonyl (C=O) groups excluding carboxylic acids is 1. The van der Waals surface area contributed by atoms with E-state index in [9.17, 15) is 4.79 Å². The lowest BCUT2D eigenvalue weighted by molar-refractivity contribution is -0.156. The fourth-order valence-electron chi connectivity index (χ4n) is 0.935. The van der Waals surface area contributed by atoms with Gasteiger partial charge in [0, 0.05) is 6.42 Å². The third kappa shape index (κ3) is 4.35. The molecule has 0 fully saturated rings. The van der Waals surface area contributed by atoms with Gasteiger partial charge in [0.15, 0.2) is 0 Å². The van der Waals surface area contributed by atoms with E-state index in [0.717, 1.165) is 5.01 Å². The highest BCUT2D eigenvalue weighted by molar-refractivity contribution is 7.05. The number of esters is 1. The van der Waals surface area contributed by atoms with Gasteiger partial charge in [0.25, 0.3) is 0 Å². The first-order valence-corrected chi connectivity index (χ1v) is 5.40. The molecule has 0 spiro atoms. The maximum atomic E-state index is 11.5. The Morgan fingerprint density at radius 2 is 2.33 bits per heavy atom. The molecule has 1 heterocycles. The molecule has 0 radical (unpaired) electrons. The van der Waals surface area contributed by atoms with Gasteiger partial charge >= 0.3 is 5.97 Å². The van der Waals surface area contributed by atoms with E-state index >= 15 is 0 Å². The monoisotopic (exact) mass is 229 g/mol. The van der Waals surface area contributed by atoms with Crippen LogP contribution < -0.4 is 5.73 Å². The van der Waals surface area contributed by atoms with Crippen LogP contribution in [-0.4, -0.2) is 27.0 Å². The molecule has 1 aromatic heterocycles. The largest absolute Gasteiger partial charge is 0.459 e. The van der Waals surface area contributed by atoms with Gasteiger partial charge in [0.05, 0.1) is 0 Å². The summed E-state index contributed by atoms with van der Waals surface area (Å²) >= 11 is 1.24. The van der Waals surface area contributed by atoms with Crippen molar-refractivity contribution in [1.82, 2.24) is 9.36 Å². The van der Waals surface area contributed by atoms with Crippen molar-refractivity contribution in [3.63, 3.8) is 0 Å². The smallest absolute Gasteiger partial charge is 0.323 e. The number of carbonyl (C=O) groups is 1. The molecule has 0 aliphatic carbocycles. The van der Waals surface area contributed by atoms with E-state index in [-0.39, 0.29) is 0 Å². The molecule has 0 saturated carbocycles. The first-order valence-electron chi connectivity index (χ1n) is 4.62. The number of ether oxygens (including phenoxy) is 1. The van der Waals surface area contributed by atoms with E-state index in [1.807, 2.05) is 20.8 Å². The van der Waals surface area contributed by atoms with Gasteiger partial charge in [-0.1, -0.05) is 0 Å². The highest BCUT2D eigenvalue weighted by Crippen LogP contribution is 2.10. The van der Waals surface area contributed by atoms with E-state index < -0.39 is 17.6 Å². The molecular formula is C9H15N3O2S. The normalized spacial score (nSPS) is 13.6. The lowest BCUT2D eigenvalue weighted by Crippen LogP contribution is -2.38. The molecule has 1 atom stereocenters. The fourth-order valence-corrected chi connectivity index (χ4v) is 1.50. The summed E-state index contributed by atoms with van der Waals surface area (Å²) in [5.41, 5.74) is 5.18. The first-order chi connectivity index (χ1) is 6.88. The van der Waals surface area contributed by atoms with Crippen molar-refractivity contribution in [2.45, 2.75) is 38.8 Å². The van der Waals surface area contributed by atoms with E-state index in [4.69, 9.17) is 10.5 Å². The van der Waals surface area contributed by atoms with Crippen LogP contribution in [-0.2, 0) is 16.0 Å². The highest BCUT2D eigenvalue weighted by Gasteiger charge is 2.22. The highest BCUT2D eigenvalue weighted by atomic mass is 32.1. The summed E-state index contributed by atoms with van der Waals surface area (Å²) in [6.45, 7) is 5.42. The Bertz CT molecular complexity index is 319. The van der Waals surface area contributed by atoms with Crippen LogP contribution in [0, 0.1) is 0 Å².